The normalized spacial score (nSPS) is 22.5. The van der Waals surface area contributed by atoms with Gasteiger partial charge in [-0.2, -0.15) is 0 Å². The lowest BCUT2D eigenvalue weighted by Crippen LogP contribution is -2.39. The Kier molecular flexibility index (Phi) is 5.79. The highest BCUT2D eigenvalue weighted by Crippen LogP contribution is 2.40. The summed E-state index contributed by atoms with van der Waals surface area (Å²) >= 11 is 7.15. The van der Waals surface area contributed by atoms with Crippen molar-refractivity contribution in [1.82, 2.24) is 5.32 Å². The minimum Gasteiger partial charge on any atom is -0.370 e. The fourth-order valence-corrected chi connectivity index (χ4v) is 4.36. The molecule has 0 bridgehead atoms. The molecule has 0 spiro atoms. The first-order chi connectivity index (χ1) is 12.7. The van der Waals surface area contributed by atoms with Crippen molar-refractivity contribution in [2.75, 3.05) is 24.5 Å². The van der Waals surface area contributed by atoms with E-state index in [1.54, 1.807) is 0 Å². The molecule has 5 nitrogen and oxygen atoms in total. The average molecular weight is 416 g/mol. The molecule has 2 aliphatic heterocycles. The van der Waals surface area contributed by atoms with Gasteiger partial charge in [0.2, 0.25) is 0 Å². The van der Waals surface area contributed by atoms with E-state index in [2.05, 4.69) is 5.32 Å². The van der Waals surface area contributed by atoms with Crippen LogP contribution in [0.4, 0.5) is 19.3 Å². The molecule has 2 fully saturated rings. The molecule has 0 aromatic heterocycles. The van der Waals surface area contributed by atoms with E-state index in [9.17, 15) is 18.4 Å². The first-order valence-electron chi connectivity index (χ1n) is 8.60. The lowest BCUT2D eigenvalue weighted by molar-refractivity contribution is -0.115. The van der Waals surface area contributed by atoms with Gasteiger partial charge in [0.25, 0.3) is 17.1 Å². The van der Waals surface area contributed by atoms with Gasteiger partial charge in [-0.25, -0.2) is 8.78 Å². The van der Waals surface area contributed by atoms with Crippen molar-refractivity contribution >= 4 is 46.3 Å². The van der Waals surface area contributed by atoms with Crippen LogP contribution in [-0.4, -0.2) is 30.8 Å². The number of nitrogens with two attached hydrogens (primary N) is 1. The Morgan fingerprint density at radius 2 is 2.19 bits per heavy atom. The van der Waals surface area contributed by atoms with Gasteiger partial charge in [0.15, 0.2) is 0 Å². The van der Waals surface area contributed by atoms with E-state index < -0.39 is 17.1 Å². The minimum absolute atomic E-state index is 0.154. The number of amides is 2. The SMILES string of the molecule is CC(F)(F)c1cc(Cl)c(N2CCCC(CN)C2)c(/C=C2\SC(=O)NC2=O)c1. The van der Waals surface area contributed by atoms with Gasteiger partial charge in [-0.15, -0.1) is 0 Å². The van der Waals surface area contributed by atoms with Gasteiger partial charge in [0, 0.05) is 31.1 Å². The monoisotopic (exact) mass is 415 g/mol. The molecule has 0 saturated carbocycles. The maximum absolute atomic E-state index is 13.9. The van der Waals surface area contributed by atoms with E-state index >= 15 is 0 Å². The van der Waals surface area contributed by atoms with Gasteiger partial charge >= 0.3 is 0 Å². The third-order valence-corrected chi connectivity index (χ3v) is 5.80. The van der Waals surface area contributed by atoms with Gasteiger partial charge < -0.3 is 10.6 Å². The first-order valence-corrected chi connectivity index (χ1v) is 9.80. The highest BCUT2D eigenvalue weighted by molar-refractivity contribution is 8.18. The molecular formula is C18H20ClF2N3O2S. The quantitative estimate of drug-likeness (QED) is 0.728. The third-order valence-electron chi connectivity index (χ3n) is 4.70. The zero-order valence-corrected chi connectivity index (χ0v) is 16.3. The predicted octanol–water partition coefficient (Wildman–Crippen LogP) is 3.95. The van der Waals surface area contributed by atoms with E-state index in [0.717, 1.165) is 31.5 Å². The Morgan fingerprint density at radius 1 is 1.44 bits per heavy atom. The van der Waals surface area contributed by atoms with Gasteiger partial charge in [-0.1, -0.05) is 11.6 Å². The summed E-state index contributed by atoms with van der Waals surface area (Å²) in [6.45, 7) is 2.70. The number of halogens is 3. The Morgan fingerprint density at radius 3 is 2.78 bits per heavy atom. The summed E-state index contributed by atoms with van der Waals surface area (Å²) in [5.74, 6) is -3.34. The zero-order chi connectivity index (χ0) is 19.8. The second kappa shape index (κ2) is 7.77. The number of benzene rings is 1. The number of alkyl halides is 2. The molecule has 1 aromatic carbocycles. The molecule has 2 amide bonds. The molecule has 9 heteroatoms. The van der Waals surface area contributed by atoms with Gasteiger partial charge in [0.05, 0.1) is 15.6 Å². The topological polar surface area (TPSA) is 75.4 Å². The van der Waals surface area contributed by atoms with E-state index in [-0.39, 0.29) is 21.4 Å². The van der Waals surface area contributed by atoms with E-state index in [4.69, 9.17) is 17.3 Å². The number of piperidine rings is 1. The summed E-state index contributed by atoms with van der Waals surface area (Å²) in [5.41, 5.74) is 6.54. The standard InChI is InChI=1S/C18H20ClF2N3O2S/c1-18(20,21)12-5-11(6-14-16(25)23-17(26)27-14)15(13(19)7-12)24-4-2-3-10(8-22)9-24/h5-7,10H,2-4,8-9,22H2,1H3,(H,23,25,26)/b14-6-. The van der Waals surface area contributed by atoms with E-state index in [0.29, 0.717) is 30.9 Å². The van der Waals surface area contributed by atoms with Gasteiger partial charge in [0.1, 0.15) is 0 Å². The van der Waals surface area contributed by atoms with E-state index in [1.165, 1.54) is 18.2 Å². The molecule has 2 heterocycles. The highest BCUT2D eigenvalue weighted by atomic mass is 35.5. The zero-order valence-electron chi connectivity index (χ0n) is 14.7. The van der Waals surface area contributed by atoms with Crippen molar-refractivity contribution in [1.29, 1.82) is 0 Å². The van der Waals surface area contributed by atoms with Crippen molar-refractivity contribution in [3.63, 3.8) is 0 Å². The maximum Gasteiger partial charge on any atom is 0.290 e. The number of nitrogens with one attached hydrogen (secondary N) is 1. The van der Waals surface area contributed by atoms with Gasteiger partial charge in [-0.3, -0.25) is 14.9 Å². The number of carbonyl (C=O) groups is 2. The Hall–Kier alpha value is -1.64. The fraction of sp³-hybridized carbons (Fsp3) is 0.444. The number of nitrogens with zero attached hydrogens (tertiary/aromatic N) is 1. The van der Waals surface area contributed by atoms with Crippen molar-refractivity contribution in [2.24, 2.45) is 11.7 Å². The number of carbonyl (C=O) groups excluding carboxylic acids is 2. The van der Waals surface area contributed by atoms with Crippen LogP contribution in [0.1, 0.15) is 30.9 Å². The number of rotatable bonds is 4. The fourth-order valence-electron chi connectivity index (χ4n) is 3.34. The molecule has 2 saturated heterocycles. The average Bonchev–Trinajstić information content (AvgIpc) is 2.91. The summed E-state index contributed by atoms with van der Waals surface area (Å²) < 4.78 is 27.8. The maximum atomic E-state index is 13.9. The van der Waals surface area contributed by atoms with Crippen LogP contribution in [0, 0.1) is 5.92 Å². The number of anilines is 1. The van der Waals surface area contributed by atoms with Crippen LogP contribution < -0.4 is 16.0 Å². The molecule has 27 heavy (non-hydrogen) atoms. The molecule has 1 atom stereocenters. The van der Waals surface area contributed by atoms with Crippen LogP contribution in [0.5, 0.6) is 0 Å². The Labute approximate surface area is 165 Å². The van der Waals surface area contributed by atoms with Crippen molar-refractivity contribution < 1.29 is 18.4 Å². The van der Waals surface area contributed by atoms with Crippen molar-refractivity contribution in [3.05, 3.63) is 33.2 Å². The van der Waals surface area contributed by atoms with Crippen molar-refractivity contribution in [3.8, 4) is 0 Å². The second-order valence-electron chi connectivity index (χ2n) is 6.83. The molecule has 146 valence electrons. The largest absolute Gasteiger partial charge is 0.370 e. The smallest absolute Gasteiger partial charge is 0.290 e. The summed E-state index contributed by atoms with van der Waals surface area (Å²) in [4.78, 5) is 25.5. The van der Waals surface area contributed by atoms with Crippen LogP contribution in [-0.2, 0) is 10.7 Å². The summed E-state index contributed by atoms with van der Waals surface area (Å²) in [7, 11) is 0. The van der Waals surface area contributed by atoms with Crippen LogP contribution >= 0.6 is 23.4 Å². The lowest BCUT2D eigenvalue weighted by atomic mass is 9.96. The van der Waals surface area contributed by atoms with Crippen LogP contribution in [0.25, 0.3) is 6.08 Å². The number of thioether (sulfide) groups is 1. The molecule has 2 aliphatic rings. The Balaban J connectivity index is 2.10. The summed E-state index contributed by atoms with van der Waals surface area (Å²) in [6, 6.07) is 2.59. The molecule has 0 radical (unpaired) electrons. The molecule has 0 aliphatic carbocycles. The molecule has 3 rings (SSSR count). The van der Waals surface area contributed by atoms with Crippen LogP contribution in [0.3, 0.4) is 0 Å². The number of hydrogen-bond acceptors (Lipinski definition) is 5. The molecule has 1 unspecified atom stereocenters. The molecular weight excluding hydrogens is 396 g/mol. The summed E-state index contributed by atoms with van der Waals surface area (Å²) in [6.07, 6.45) is 3.36. The summed E-state index contributed by atoms with van der Waals surface area (Å²) in [5, 5.41) is 1.87. The van der Waals surface area contributed by atoms with Gasteiger partial charge in [-0.05, 0) is 55.3 Å². The third kappa shape index (κ3) is 4.44. The molecule has 1 aromatic rings. The highest BCUT2D eigenvalue weighted by Gasteiger charge is 2.31. The van der Waals surface area contributed by atoms with Crippen LogP contribution in [0.2, 0.25) is 5.02 Å². The lowest BCUT2D eigenvalue weighted by Gasteiger charge is -2.35. The Bertz CT molecular complexity index is 811. The predicted molar refractivity (Wildman–Crippen MR) is 104 cm³/mol. The van der Waals surface area contributed by atoms with E-state index in [1.807, 2.05) is 4.90 Å². The van der Waals surface area contributed by atoms with Crippen molar-refractivity contribution in [2.45, 2.75) is 25.7 Å². The first kappa shape index (κ1) is 20.1. The second-order valence-corrected chi connectivity index (χ2v) is 8.25. The number of hydrogen-bond donors (Lipinski definition) is 2. The number of imide groups is 1. The molecule has 3 N–H and O–H groups in total. The van der Waals surface area contributed by atoms with Crippen LogP contribution in [0.15, 0.2) is 17.0 Å². The minimum atomic E-state index is -3.09.